The fourth-order valence-corrected chi connectivity index (χ4v) is 3.26. The minimum atomic E-state index is 0.641. The minimum Gasteiger partial charge on any atom is -0.404 e. The molecule has 0 bridgehead atoms. The maximum absolute atomic E-state index is 5.78. The first-order valence-electron chi connectivity index (χ1n) is 8.58. The van der Waals surface area contributed by atoms with Gasteiger partial charge in [-0.1, -0.05) is 19.7 Å². The number of hydrogen-bond acceptors (Lipinski definition) is 6. The molecule has 0 saturated carbocycles. The molecule has 0 saturated heterocycles. The molecule has 1 aromatic heterocycles. The van der Waals surface area contributed by atoms with Gasteiger partial charge in [-0.2, -0.15) is 0 Å². The van der Waals surface area contributed by atoms with Gasteiger partial charge >= 0.3 is 0 Å². The van der Waals surface area contributed by atoms with E-state index in [2.05, 4.69) is 39.8 Å². The van der Waals surface area contributed by atoms with Gasteiger partial charge < -0.3 is 15.8 Å². The number of aromatic nitrogens is 1. The summed E-state index contributed by atoms with van der Waals surface area (Å²) in [5, 5.41) is 3.33. The molecule has 0 spiro atoms. The van der Waals surface area contributed by atoms with Crippen molar-refractivity contribution in [3.8, 4) is 0 Å². The summed E-state index contributed by atoms with van der Waals surface area (Å²) >= 11 is 1.42. The molecule has 0 aliphatic carbocycles. The quantitative estimate of drug-likeness (QED) is 0.579. The van der Waals surface area contributed by atoms with Gasteiger partial charge in [-0.15, -0.1) is 0 Å². The highest BCUT2D eigenvalue weighted by Crippen LogP contribution is 2.30. The molecule has 2 heterocycles. The zero-order valence-corrected chi connectivity index (χ0v) is 16.4. The number of nitrogens with one attached hydrogen (secondary N) is 2. The molecular formula is C20H27N5S. The fraction of sp³-hybridized carbons (Fsp3) is 0.300. The van der Waals surface area contributed by atoms with Crippen molar-refractivity contribution >= 4 is 34.5 Å². The van der Waals surface area contributed by atoms with E-state index in [1.165, 1.54) is 11.9 Å². The molecule has 138 valence electrons. The number of rotatable bonds is 8. The van der Waals surface area contributed by atoms with Gasteiger partial charge in [0, 0.05) is 36.3 Å². The Bertz CT molecular complexity index is 744. The van der Waals surface area contributed by atoms with Crippen LogP contribution in [0.1, 0.15) is 44.2 Å². The molecule has 0 fully saturated rings. The average Bonchev–Trinajstić information content (AvgIpc) is 2.63. The Labute approximate surface area is 160 Å². The number of anilines is 1. The van der Waals surface area contributed by atoms with Crippen LogP contribution in [0.4, 0.5) is 5.69 Å². The molecule has 1 aromatic rings. The van der Waals surface area contributed by atoms with Crippen LogP contribution in [0.5, 0.6) is 0 Å². The van der Waals surface area contributed by atoms with Crippen LogP contribution in [0.2, 0.25) is 0 Å². The van der Waals surface area contributed by atoms with E-state index in [0.29, 0.717) is 5.82 Å². The monoisotopic (exact) mass is 369 g/mol. The summed E-state index contributed by atoms with van der Waals surface area (Å²) in [6.45, 7) is 16.9. The summed E-state index contributed by atoms with van der Waals surface area (Å²) in [4.78, 5) is 9.78. The number of aliphatic imine (C=N–C) groups is 1. The van der Waals surface area contributed by atoms with Crippen LogP contribution in [0.3, 0.4) is 0 Å². The molecule has 6 heteroatoms. The molecule has 2 rings (SSSR count). The maximum Gasteiger partial charge on any atom is 0.106 e. The van der Waals surface area contributed by atoms with Crippen molar-refractivity contribution in [3.05, 3.63) is 60.2 Å². The first-order chi connectivity index (χ1) is 12.4. The topological polar surface area (TPSA) is 75.3 Å². The van der Waals surface area contributed by atoms with Crippen molar-refractivity contribution in [1.29, 1.82) is 0 Å². The van der Waals surface area contributed by atoms with Crippen molar-refractivity contribution in [2.45, 2.75) is 33.1 Å². The van der Waals surface area contributed by atoms with E-state index in [-0.39, 0.29) is 0 Å². The van der Waals surface area contributed by atoms with E-state index in [1.54, 1.807) is 18.6 Å². The SMILES string of the molecule is C=C(NSC(=CN)C1=NCCCC1)Nc1c(C(=C)C)cncc1C(=C)C. The van der Waals surface area contributed by atoms with Crippen molar-refractivity contribution in [2.75, 3.05) is 11.9 Å². The standard InChI is InChI=1S/C20H27N5S/c1-13(2)16-11-22-12-17(14(3)4)20(16)24-15(5)25-26-19(10-21)18-8-6-7-9-23-18/h10-12,25H,1,3,5-9,21H2,2,4H3,(H,22,24). The van der Waals surface area contributed by atoms with Gasteiger partial charge in [0.05, 0.1) is 16.3 Å². The van der Waals surface area contributed by atoms with E-state index >= 15 is 0 Å². The number of nitrogens with two attached hydrogens (primary N) is 1. The van der Waals surface area contributed by atoms with Gasteiger partial charge in [0.1, 0.15) is 5.82 Å². The third-order valence-corrected chi connectivity index (χ3v) is 4.93. The van der Waals surface area contributed by atoms with E-state index in [1.807, 2.05) is 13.8 Å². The molecule has 0 atom stereocenters. The highest BCUT2D eigenvalue weighted by atomic mass is 32.2. The highest BCUT2D eigenvalue weighted by Gasteiger charge is 2.14. The molecule has 26 heavy (non-hydrogen) atoms. The zero-order chi connectivity index (χ0) is 19.1. The van der Waals surface area contributed by atoms with Gasteiger partial charge in [-0.05, 0) is 56.2 Å². The van der Waals surface area contributed by atoms with Crippen LogP contribution in [0, 0.1) is 0 Å². The molecule has 0 radical (unpaired) electrons. The Morgan fingerprint density at radius 3 is 2.31 bits per heavy atom. The van der Waals surface area contributed by atoms with E-state index in [0.717, 1.165) is 64.4 Å². The van der Waals surface area contributed by atoms with E-state index in [4.69, 9.17) is 5.73 Å². The summed E-state index contributed by atoms with van der Waals surface area (Å²) in [6, 6.07) is 0. The summed E-state index contributed by atoms with van der Waals surface area (Å²) in [6.07, 6.45) is 8.43. The van der Waals surface area contributed by atoms with Crippen LogP contribution in [-0.4, -0.2) is 17.2 Å². The van der Waals surface area contributed by atoms with Gasteiger partial charge in [-0.25, -0.2) is 0 Å². The second-order valence-corrected chi connectivity index (χ2v) is 7.14. The molecular weight excluding hydrogens is 342 g/mol. The van der Waals surface area contributed by atoms with Crippen LogP contribution in [-0.2, 0) is 0 Å². The fourth-order valence-electron chi connectivity index (χ4n) is 2.62. The Morgan fingerprint density at radius 1 is 1.15 bits per heavy atom. The van der Waals surface area contributed by atoms with E-state index < -0.39 is 0 Å². The second kappa shape index (κ2) is 9.29. The summed E-state index contributed by atoms with van der Waals surface area (Å²) < 4.78 is 3.21. The molecule has 1 aliphatic rings. The van der Waals surface area contributed by atoms with Gasteiger partial charge in [-0.3, -0.25) is 9.98 Å². The van der Waals surface area contributed by atoms with Crippen molar-refractivity contribution in [2.24, 2.45) is 10.7 Å². The number of nitrogens with zero attached hydrogens (tertiary/aromatic N) is 2. The number of pyridine rings is 1. The number of allylic oxidation sites excluding steroid dienone is 3. The average molecular weight is 370 g/mol. The van der Waals surface area contributed by atoms with Crippen LogP contribution < -0.4 is 15.8 Å². The second-order valence-electron chi connectivity index (χ2n) is 6.29. The lowest BCUT2D eigenvalue weighted by molar-refractivity contribution is 0.739. The predicted octanol–water partition coefficient (Wildman–Crippen LogP) is 4.69. The molecule has 1 aliphatic heterocycles. The maximum atomic E-state index is 5.78. The Morgan fingerprint density at radius 2 is 1.81 bits per heavy atom. The van der Waals surface area contributed by atoms with E-state index in [9.17, 15) is 0 Å². The largest absolute Gasteiger partial charge is 0.404 e. The van der Waals surface area contributed by atoms with Crippen LogP contribution >= 0.6 is 11.9 Å². The molecule has 4 N–H and O–H groups in total. The van der Waals surface area contributed by atoms with Gasteiger partial charge in [0.15, 0.2) is 0 Å². The zero-order valence-electron chi connectivity index (χ0n) is 15.6. The summed E-state index contributed by atoms with van der Waals surface area (Å²) in [7, 11) is 0. The first-order valence-corrected chi connectivity index (χ1v) is 9.39. The Kier molecular flexibility index (Phi) is 7.09. The lowest BCUT2D eigenvalue weighted by Gasteiger charge is -2.19. The third kappa shape index (κ3) is 5.02. The first kappa shape index (κ1) is 19.8. The normalized spacial score (nSPS) is 14.4. The van der Waals surface area contributed by atoms with Crippen molar-refractivity contribution in [1.82, 2.24) is 9.71 Å². The third-order valence-electron chi connectivity index (χ3n) is 3.99. The smallest absolute Gasteiger partial charge is 0.106 e. The van der Waals surface area contributed by atoms with Crippen LogP contribution in [0.15, 0.2) is 54.0 Å². The summed E-state index contributed by atoms with van der Waals surface area (Å²) in [5.74, 6) is 0.641. The lowest BCUT2D eigenvalue weighted by atomic mass is 10.0. The highest BCUT2D eigenvalue weighted by molar-refractivity contribution is 8.02. The molecule has 5 nitrogen and oxygen atoms in total. The van der Waals surface area contributed by atoms with Gasteiger partial charge in [0.25, 0.3) is 0 Å². The minimum absolute atomic E-state index is 0.641. The van der Waals surface area contributed by atoms with Crippen molar-refractivity contribution in [3.63, 3.8) is 0 Å². The molecule has 0 amide bonds. The Balaban J connectivity index is 2.11. The Hall–Kier alpha value is -2.47. The molecule has 0 aromatic carbocycles. The van der Waals surface area contributed by atoms with Crippen molar-refractivity contribution < 1.29 is 0 Å². The molecule has 0 unspecified atom stereocenters. The predicted molar refractivity (Wildman–Crippen MR) is 116 cm³/mol. The van der Waals surface area contributed by atoms with Gasteiger partial charge in [0.2, 0.25) is 0 Å². The lowest BCUT2D eigenvalue weighted by Crippen LogP contribution is -2.17. The summed E-state index contributed by atoms with van der Waals surface area (Å²) in [5.41, 5.74) is 11.4. The van der Waals surface area contributed by atoms with Crippen LogP contribution in [0.25, 0.3) is 11.1 Å². The number of hydrogen-bond donors (Lipinski definition) is 3.